The number of nitrogens with zero attached hydrogens (tertiary/aromatic N) is 5. The van der Waals surface area contributed by atoms with Gasteiger partial charge in [-0.2, -0.15) is 0 Å². The van der Waals surface area contributed by atoms with E-state index in [1.807, 2.05) is 11.0 Å². The molecule has 8 heteroatoms. The first-order chi connectivity index (χ1) is 15.6. The van der Waals surface area contributed by atoms with Crippen LogP contribution in [0, 0.1) is 11.2 Å². The molecule has 0 atom stereocenters. The van der Waals surface area contributed by atoms with Gasteiger partial charge in [-0.3, -0.25) is 9.69 Å². The summed E-state index contributed by atoms with van der Waals surface area (Å²) in [4.78, 5) is 28.4. The van der Waals surface area contributed by atoms with E-state index in [2.05, 4.69) is 19.8 Å². The number of ether oxygens (including phenoxy) is 1. The Balaban J connectivity index is 1.03. The Hall–Kier alpha value is -2.58. The van der Waals surface area contributed by atoms with Gasteiger partial charge in [-0.05, 0) is 42.5 Å². The third kappa shape index (κ3) is 3.55. The quantitative estimate of drug-likeness (QED) is 0.733. The molecule has 7 nitrogen and oxygen atoms in total. The van der Waals surface area contributed by atoms with Crippen molar-refractivity contribution in [3.8, 4) is 0 Å². The molecular weight excluding hydrogens is 409 g/mol. The van der Waals surface area contributed by atoms with Crippen LogP contribution in [-0.4, -0.2) is 77.7 Å². The SMILES string of the molecule is O=C(c1cnc(N2CC3(COC3)C2)nc1)N1CCC(N2CCc3ccc(F)cc3C2)CC1. The summed E-state index contributed by atoms with van der Waals surface area (Å²) in [6, 6.07) is 5.57. The molecule has 0 unspecified atom stereocenters. The van der Waals surface area contributed by atoms with E-state index in [4.69, 9.17) is 4.74 Å². The molecule has 0 aliphatic carbocycles. The van der Waals surface area contributed by atoms with Gasteiger partial charge in [-0.25, -0.2) is 14.4 Å². The van der Waals surface area contributed by atoms with E-state index in [1.54, 1.807) is 24.5 Å². The van der Waals surface area contributed by atoms with Gasteiger partial charge in [0.15, 0.2) is 0 Å². The predicted octanol–water partition coefficient (Wildman–Crippen LogP) is 2.12. The highest BCUT2D eigenvalue weighted by molar-refractivity contribution is 5.93. The molecule has 5 heterocycles. The lowest BCUT2D eigenvalue weighted by Crippen LogP contribution is -2.66. The smallest absolute Gasteiger partial charge is 0.256 e. The normalized spacial score (nSPS) is 22.9. The Morgan fingerprint density at radius 1 is 1.06 bits per heavy atom. The van der Waals surface area contributed by atoms with Crippen LogP contribution in [0.3, 0.4) is 0 Å². The van der Waals surface area contributed by atoms with E-state index in [0.717, 1.165) is 77.3 Å². The second-order valence-electron chi connectivity index (χ2n) is 9.78. The number of fused-ring (bicyclic) bond motifs is 1. The van der Waals surface area contributed by atoms with Crippen LogP contribution in [0.2, 0.25) is 0 Å². The molecule has 1 spiro atoms. The van der Waals surface area contributed by atoms with Crippen LogP contribution in [0.1, 0.15) is 34.3 Å². The maximum absolute atomic E-state index is 13.6. The van der Waals surface area contributed by atoms with Gasteiger partial charge in [0.2, 0.25) is 5.95 Å². The maximum Gasteiger partial charge on any atom is 0.256 e. The zero-order chi connectivity index (χ0) is 21.7. The zero-order valence-corrected chi connectivity index (χ0v) is 18.2. The van der Waals surface area contributed by atoms with Crippen LogP contribution in [-0.2, 0) is 17.7 Å². The van der Waals surface area contributed by atoms with Crippen LogP contribution in [0.15, 0.2) is 30.6 Å². The van der Waals surface area contributed by atoms with Gasteiger partial charge < -0.3 is 14.5 Å². The molecule has 4 aliphatic rings. The summed E-state index contributed by atoms with van der Waals surface area (Å²) in [5, 5.41) is 0. The van der Waals surface area contributed by atoms with Crippen LogP contribution < -0.4 is 4.90 Å². The molecule has 0 bridgehead atoms. The number of anilines is 1. The molecule has 168 valence electrons. The van der Waals surface area contributed by atoms with Gasteiger partial charge >= 0.3 is 0 Å². The van der Waals surface area contributed by atoms with E-state index in [9.17, 15) is 9.18 Å². The molecule has 3 saturated heterocycles. The highest BCUT2D eigenvalue weighted by atomic mass is 19.1. The molecule has 1 aromatic heterocycles. The summed E-state index contributed by atoms with van der Waals surface area (Å²) >= 11 is 0. The minimum absolute atomic E-state index is 0.00790. The van der Waals surface area contributed by atoms with Gasteiger partial charge in [0.05, 0.1) is 24.2 Å². The molecular formula is C24H28FN5O2. The van der Waals surface area contributed by atoms with Crippen LogP contribution >= 0.6 is 0 Å². The number of benzene rings is 1. The fourth-order valence-corrected chi connectivity index (χ4v) is 5.55. The number of rotatable bonds is 3. The van der Waals surface area contributed by atoms with Crippen molar-refractivity contribution >= 4 is 11.9 Å². The topological polar surface area (TPSA) is 61.8 Å². The first kappa shape index (κ1) is 20.1. The molecule has 1 aromatic carbocycles. The Kier molecular flexibility index (Phi) is 4.87. The Labute approximate surface area is 187 Å². The molecule has 32 heavy (non-hydrogen) atoms. The van der Waals surface area contributed by atoms with Gasteiger partial charge in [0.1, 0.15) is 5.82 Å². The zero-order valence-electron chi connectivity index (χ0n) is 18.2. The highest BCUT2D eigenvalue weighted by Gasteiger charge is 2.49. The minimum Gasteiger partial charge on any atom is -0.380 e. The van der Waals surface area contributed by atoms with Crippen LogP contribution in [0.25, 0.3) is 0 Å². The summed E-state index contributed by atoms with van der Waals surface area (Å²) in [6.45, 7) is 6.77. The summed E-state index contributed by atoms with van der Waals surface area (Å²) in [5.74, 6) is 0.540. The lowest BCUT2D eigenvalue weighted by Gasteiger charge is -2.54. The highest BCUT2D eigenvalue weighted by Crippen LogP contribution is 2.38. The number of carbonyl (C=O) groups is 1. The third-order valence-electron chi connectivity index (χ3n) is 7.52. The summed E-state index contributed by atoms with van der Waals surface area (Å²) < 4.78 is 18.9. The number of amides is 1. The maximum atomic E-state index is 13.6. The van der Waals surface area contributed by atoms with E-state index in [0.29, 0.717) is 23.0 Å². The van der Waals surface area contributed by atoms with Crippen molar-refractivity contribution in [1.29, 1.82) is 0 Å². The molecule has 3 fully saturated rings. The Morgan fingerprint density at radius 2 is 1.81 bits per heavy atom. The Bertz CT molecular complexity index is 1010. The van der Waals surface area contributed by atoms with E-state index >= 15 is 0 Å². The number of halogens is 1. The monoisotopic (exact) mass is 437 g/mol. The molecule has 4 aliphatic heterocycles. The summed E-state index contributed by atoms with van der Waals surface area (Å²) in [7, 11) is 0. The van der Waals surface area contributed by atoms with Crippen LogP contribution in [0.4, 0.5) is 10.3 Å². The van der Waals surface area contributed by atoms with Gasteiger partial charge in [-0.15, -0.1) is 0 Å². The first-order valence-corrected chi connectivity index (χ1v) is 11.5. The van der Waals surface area contributed by atoms with Gasteiger partial charge in [-0.1, -0.05) is 6.07 Å². The second kappa shape index (κ2) is 7.78. The number of hydrogen-bond acceptors (Lipinski definition) is 6. The van der Waals surface area contributed by atoms with E-state index in [-0.39, 0.29) is 11.7 Å². The number of likely N-dealkylation sites (tertiary alicyclic amines) is 1. The number of hydrogen-bond donors (Lipinski definition) is 0. The van der Waals surface area contributed by atoms with Crippen molar-refractivity contribution in [1.82, 2.24) is 19.8 Å². The van der Waals surface area contributed by atoms with Crippen molar-refractivity contribution < 1.29 is 13.9 Å². The standard InChI is InChI=1S/C24H28FN5O2/c25-20-2-1-17-3-6-29(12-18(17)9-20)21-4-7-28(8-5-21)22(31)19-10-26-23(27-11-19)30-13-24(14-30)15-32-16-24/h1-2,9-11,21H,3-8,12-16H2. The predicted molar refractivity (Wildman–Crippen MR) is 117 cm³/mol. The summed E-state index contributed by atoms with van der Waals surface area (Å²) in [6.07, 6.45) is 6.16. The van der Waals surface area contributed by atoms with E-state index < -0.39 is 0 Å². The third-order valence-corrected chi connectivity index (χ3v) is 7.52. The Morgan fingerprint density at radius 3 is 2.50 bits per heavy atom. The van der Waals surface area contributed by atoms with Crippen molar-refractivity contribution in [2.75, 3.05) is 50.8 Å². The van der Waals surface area contributed by atoms with Crippen LogP contribution in [0.5, 0.6) is 0 Å². The van der Waals surface area contributed by atoms with E-state index in [1.165, 1.54) is 5.56 Å². The average molecular weight is 438 g/mol. The first-order valence-electron chi connectivity index (χ1n) is 11.5. The number of carbonyl (C=O) groups excluding carboxylic acids is 1. The van der Waals surface area contributed by atoms with Crippen molar-refractivity contribution in [2.24, 2.45) is 5.41 Å². The molecule has 1 amide bonds. The fourth-order valence-electron chi connectivity index (χ4n) is 5.55. The van der Waals surface area contributed by atoms with Crippen molar-refractivity contribution in [2.45, 2.75) is 31.8 Å². The number of piperidine rings is 1. The van der Waals surface area contributed by atoms with Crippen molar-refractivity contribution in [3.63, 3.8) is 0 Å². The second-order valence-corrected chi connectivity index (χ2v) is 9.78. The van der Waals surface area contributed by atoms with Gasteiger partial charge in [0.25, 0.3) is 5.91 Å². The molecule has 0 radical (unpaired) electrons. The molecule has 0 N–H and O–H groups in total. The molecule has 0 saturated carbocycles. The fraction of sp³-hybridized carbons (Fsp3) is 0.542. The lowest BCUT2D eigenvalue weighted by molar-refractivity contribution is -0.127. The van der Waals surface area contributed by atoms with Gasteiger partial charge in [0, 0.05) is 57.7 Å². The summed E-state index contributed by atoms with van der Waals surface area (Å²) in [5.41, 5.74) is 3.22. The minimum atomic E-state index is -0.162. The molecule has 6 rings (SSSR count). The lowest BCUT2D eigenvalue weighted by atomic mass is 9.78. The van der Waals surface area contributed by atoms with Crippen molar-refractivity contribution in [3.05, 3.63) is 53.1 Å². The molecule has 2 aromatic rings. The average Bonchev–Trinajstić information content (AvgIpc) is 2.77. The largest absolute Gasteiger partial charge is 0.380 e. The number of aromatic nitrogens is 2.